The SMILES string of the molecule is CC(C)(C(=O)N1CCCC(N)C1)c1cccs1.Cl. The fraction of sp³-hybridized carbons (Fsp3) is 0.615. The van der Waals surface area contributed by atoms with Crippen LogP contribution in [-0.4, -0.2) is 29.9 Å². The lowest BCUT2D eigenvalue weighted by molar-refractivity contribution is -0.137. The second-order valence-electron chi connectivity index (χ2n) is 5.26. The van der Waals surface area contributed by atoms with Crippen molar-refractivity contribution in [2.24, 2.45) is 5.73 Å². The highest BCUT2D eigenvalue weighted by atomic mass is 35.5. The zero-order valence-corrected chi connectivity index (χ0v) is 12.5. The molecule has 1 aliphatic rings. The minimum absolute atomic E-state index is 0. The third-order valence-corrected chi connectivity index (χ3v) is 4.61. The Morgan fingerprint density at radius 2 is 2.28 bits per heavy atom. The van der Waals surface area contributed by atoms with E-state index in [0.29, 0.717) is 6.54 Å². The van der Waals surface area contributed by atoms with Crippen molar-refractivity contribution < 1.29 is 4.79 Å². The first kappa shape index (κ1) is 15.5. The van der Waals surface area contributed by atoms with Gasteiger partial charge in [-0.1, -0.05) is 6.07 Å². The molecule has 1 aromatic rings. The highest BCUT2D eigenvalue weighted by Gasteiger charge is 2.35. The van der Waals surface area contributed by atoms with E-state index >= 15 is 0 Å². The molecule has 1 fully saturated rings. The number of halogens is 1. The molecule has 2 heterocycles. The summed E-state index contributed by atoms with van der Waals surface area (Å²) >= 11 is 1.64. The minimum Gasteiger partial charge on any atom is -0.340 e. The molecule has 1 unspecified atom stereocenters. The molecule has 0 aliphatic carbocycles. The first-order valence-corrected chi connectivity index (χ1v) is 6.98. The Bertz CT molecular complexity index is 392. The van der Waals surface area contributed by atoms with E-state index < -0.39 is 5.41 Å². The van der Waals surface area contributed by atoms with E-state index in [0.717, 1.165) is 24.3 Å². The third kappa shape index (κ3) is 3.05. The van der Waals surface area contributed by atoms with Crippen molar-refractivity contribution >= 4 is 29.7 Å². The maximum Gasteiger partial charge on any atom is 0.233 e. The van der Waals surface area contributed by atoms with Crippen LogP contribution in [0.25, 0.3) is 0 Å². The van der Waals surface area contributed by atoms with Gasteiger partial charge in [-0.3, -0.25) is 4.79 Å². The zero-order valence-electron chi connectivity index (χ0n) is 10.9. The molecule has 1 aromatic heterocycles. The molecular formula is C13H21ClN2OS. The van der Waals surface area contributed by atoms with Gasteiger partial charge in [-0.05, 0) is 38.1 Å². The Kier molecular flexibility index (Phi) is 5.20. The Morgan fingerprint density at radius 1 is 1.56 bits per heavy atom. The number of thiophene rings is 1. The van der Waals surface area contributed by atoms with Gasteiger partial charge in [0.05, 0.1) is 5.41 Å². The lowest BCUT2D eigenvalue weighted by Gasteiger charge is -2.36. The molecule has 2 rings (SSSR count). The minimum atomic E-state index is -0.425. The highest BCUT2D eigenvalue weighted by Crippen LogP contribution is 2.30. The lowest BCUT2D eigenvalue weighted by atomic mass is 9.88. The number of rotatable bonds is 2. The Hall–Kier alpha value is -0.580. The van der Waals surface area contributed by atoms with Crippen LogP contribution in [0.5, 0.6) is 0 Å². The number of nitrogens with two attached hydrogens (primary N) is 1. The number of amides is 1. The largest absolute Gasteiger partial charge is 0.340 e. The van der Waals surface area contributed by atoms with E-state index in [1.807, 2.05) is 36.3 Å². The highest BCUT2D eigenvalue weighted by molar-refractivity contribution is 7.10. The molecule has 0 bridgehead atoms. The van der Waals surface area contributed by atoms with Crippen molar-refractivity contribution in [3.63, 3.8) is 0 Å². The van der Waals surface area contributed by atoms with Gasteiger partial charge in [0, 0.05) is 24.0 Å². The molecule has 0 saturated carbocycles. The van der Waals surface area contributed by atoms with E-state index in [1.54, 1.807) is 11.3 Å². The van der Waals surface area contributed by atoms with Crippen LogP contribution in [0.15, 0.2) is 17.5 Å². The van der Waals surface area contributed by atoms with Crippen molar-refractivity contribution in [1.82, 2.24) is 4.90 Å². The summed E-state index contributed by atoms with van der Waals surface area (Å²) in [6.07, 6.45) is 2.05. The number of carbonyl (C=O) groups is 1. The van der Waals surface area contributed by atoms with Crippen LogP contribution in [0.2, 0.25) is 0 Å². The molecule has 102 valence electrons. The van der Waals surface area contributed by atoms with Crippen LogP contribution in [0, 0.1) is 0 Å². The Labute approximate surface area is 119 Å². The van der Waals surface area contributed by atoms with E-state index in [4.69, 9.17) is 5.73 Å². The standard InChI is InChI=1S/C13H20N2OS.ClH/c1-13(2,11-6-4-8-17-11)12(16)15-7-3-5-10(14)9-15;/h4,6,8,10H,3,5,7,9,14H2,1-2H3;1H. The molecule has 1 saturated heterocycles. The maximum atomic E-state index is 12.5. The lowest BCUT2D eigenvalue weighted by Crippen LogP contribution is -2.51. The molecule has 2 N–H and O–H groups in total. The van der Waals surface area contributed by atoms with Gasteiger partial charge in [0.25, 0.3) is 0 Å². The second kappa shape index (κ2) is 6.04. The van der Waals surface area contributed by atoms with Gasteiger partial charge in [-0.25, -0.2) is 0 Å². The summed E-state index contributed by atoms with van der Waals surface area (Å²) in [5, 5.41) is 2.02. The van der Waals surface area contributed by atoms with Gasteiger partial charge in [0.1, 0.15) is 0 Å². The number of carbonyl (C=O) groups excluding carboxylic acids is 1. The predicted molar refractivity (Wildman–Crippen MR) is 78.4 cm³/mol. The summed E-state index contributed by atoms with van der Waals surface area (Å²) in [5.74, 6) is 0.204. The van der Waals surface area contributed by atoms with Gasteiger partial charge in [0.15, 0.2) is 0 Å². The van der Waals surface area contributed by atoms with Crippen molar-refractivity contribution in [3.8, 4) is 0 Å². The zero-order chi connectivity index (χ0) is 12.5. The van der Waals surface area contributed by atoms with Crippen molar-refractivity contribution in [2.75, 3.05) is 13.1 Å². The molecule has 0 spiro atoms. The van der Waals surface area contributed by atoms with E-state index in [2.05, 4.69) is 0 Å². The van der Waals surface area contributed by atoms with E-state index in [1.165, 1.54) is 0 Å². The van der Waals surface area contributed by atoms with Gasteiger partial charge in [-0.2, -0.15) is 0 Å². The third-order valence-electron chi connectivity index (χ3n) is 3.42. The van der Waals surface area contributed by atoms with Gasteiger partial charge >= 0.3 is 0 Å². The number of likely N-dealkylation sites (tertiary alicyclic amines) is 1. The number of nitrogens with zero attached hydrogens (tertiary/aromatic N) is 1. The van der Waals surface area contributed by atoms with Crippen LogP contribution in [-0.2, 0) is 10.2 Å². The fourth-order valence-corrected chi connectivity index (χ4v) is 3.17. The second-order valence-corrected chi connectivity index (χ2v) is 6.20. The Morgan fingerprint density at radius 3 is 2.83 bits per heavy atom. The van der Waals surface area contributed by atoms with Crippen LogP contribution >= 0.6 is 23.7 Å². The summed E-state index contributed by atoms with van der Waals surface area (Å²) in [5.41, 5.74) is 5.51. The molecule has 0 aromatic carbocycles. The van der Waals surface area contributed by atoms with Crippen molar-refractivity contribution in [1.29, 1.82) is 0 Å². The van der Waals surface area contributed by atoms with Crippen LogP contribution in [0.3, 0.4) is 0 Å². The number of hydrogen-bond donors (Lipinski definition) is 1. The summed E-state index contributed by atoms with van der Waals surface area (Å²) in [6, 6.07) is 4.18. The summed E-state index contributed by atoms with van der Waals surface area (Å²) < 4.78 is 0. The molecule has 5 heteroatoms. The topological polar surface area (TPSA) is 46.3 Å². The monoisotopic (exact) mass is 288 g/mol. The smallest absolute Gasteiger partial charge is 0.233 e. The van der Waals surface area contributed by atoms with Crippen molar-refractivity contribution in [2.45, 2.75) is 38.1 Å². The molecule has 0 radical (unpaired) electrons. The Balaban J connectivity index is 0.00000162. The predicted octanol–water partition coefficient (Wildman–Crippen LogP) is 2.40. The van der Waals surface area contributed by atoms with Crippen LogP contribution in [0.1, 0.15) is 31.6 Å². The summed E-state index contributed by atoms with van der Waals surface area (Å²) in [4.78, 5) is 15.6. The summed E-state index contributed by atoms with van der Waals surface area (Å²) in [7, 11) is 0. The number of piperidine rings is 1. The maximum absolute atomic E-state index is 12.5. The normalized spacial score (nSPS) is 20.4. The molecule has 1 atom stereocenters. The number of hydrogen-bond acceptors (Lipinski definition) is 3. The van der Waals surface area contributed by atoms with Gasteiger partial charge in [-0.15, -0.1) is 23.7 Å². The fourth-order valence-electron chi connectivity index (χ4n) is 2.33. The quantitative estimate of drug-likeness (QED) is 0.908. The first-order valence-electron chi connectivity index (χ1n) is 6.11. The molecule has 1 aliphatic heterocycles. The molecular weight excluding hydrogens is 268 g/mol. The van der Waals surface area contributed by atoms with E-state index in [9.17, 15) is 4.79 Å². The first-order chi connectivity index (χ1) is 8.01. The van der Waals surface area contributed by atoms with Gasteiger partial charge < -0.3 is 10.6 Å². The average Bonchev–Trinajstić information content (AvgIpc) is 2.82. The summed E-state index contributed by atoms with van der Waals surface area (Å²) in [6.45, 7) is 5.55. The van der Waals surface area contributed by atoms with Gasteiger partial charge in [0.2, 0.25) is 5.91 Å². The molecule has 18 heavy (non-hydrogen) atoms. The van der Waals surface area contributed by atoms with Crippen LogP contribution in [0.4, 0.5) is 0 Å². The van der Waals surface area contributed by atoms with Crippen LogP contribution < -0.4 is 5.73 Å². The molecule has 3 nitrogen and oxygen atoms in total. The van der Waals surface area contributed by atoms with Crippen molar-refractivity contribution in [3.05, 3.63) is 22.4 Å². The average molecular weight is 289 g/mol. The molecule has 1 amide bonds. The van der Waals surface area contributed by atoms with E-state index in [-0.39, 0.29) is 24.4 Å².